The van der Waals surface area contributed by atoms with Crippen LogP contribution in [-0.4, -0.2) is 20.2 Å². The number of benzene rings is 1. The molecule has 4 heteroatoms. The SMILES string of the molecule is c1cnc(-c2nncc3ccccc23)nc1. The number of hydrogen-bond donors (Lipinski definition) is 0. The van der Waals surface area contributed by atoms with Gasteiger partial charge in [0.05, 0.1) is 6.20 Å². The molecule has 0 bridgehead atoms. The van der Waals surface area contributed by atoms with Crippen LogP contribution in [-0.2, 0) is 0 Å². The van der Waals surface area contributed by atoms with Crippen LogP contribution in [0.4, 0.5) is 0 Å². The van der Waals surface area contributed by atoms with E-state index in [4.69, 9.17) is 0 Å². The summed E-state index contributed by atoms with van der Waals surface area (Å²) in [6, 6.07) is 9.71. The standard InChI is InChI=1S/C12H8N4/c1-2-5-10-9(4-1)8-15-16-11(10)12-13-6-3-7-14-12/h1-8H. The van der Waals surface area contributed by atoms with Crippen molar-refractivity contribution in [3.8, 4) is 11.5 Å². The van der Waals surface area contributed by atoms with Crippen molar-refractivity contribution in [3.05, 3.63) is 48.9 Å². The highest BCUT2D eigenvalue weighted by Crippen LogP contribution is 2.21. The van der Waals surface area contributed by atoms with Crippen molar-refractivity contribution in [3.63, 3.8) is 0 Å². The average molecular weight is 208 g/mol. The fourth-order valence-corrected chi connectivity index (χ4v) is 1.61. The summed E-state index contributed by atoms with van der Waals surface area (Å²) >= 11 is 0. The molecule has 0 amide bonds. The molecular weight excluding hydrogens is 200 g/mol. The third kappa shape index (κ3) is 1.40. The number of rotatable bonds is 1. The quantitative estimate of drug-likeness (QED) is 0.614. The van der Waals surface area contributed by atoms with E-state index in [1.165, 1.54) is 0 Å². The van der Waals surface area contributed by atoms with E-state index < -0.39 is 0 Å². The highest BCUT2D eigenvalue weighted by atomic mass is 15.1. The number of fused-ring (bicyclic) bond motifs is 1. The molecule has 0 unspecified atom stereocenters. The largest absolute Gasteiger partial charge is 0.235 e. The molecule has 0 saturated heterocycles. The highest BCUT2D eigenvalue weighted by Gasteiger charge is 2.07. The lowest BCUT2D eigenvalue weighted by Gasteiger charge is -2.01. The molecular formula is C12H8N4. The Labute approximate surface area is 92.0 Å². The number of hydrogen-bond acceptors (Lipinski definition) is 4. The summed E-state index contributed by atoms with van der Waals surface area (Å²) in [5.74, 6) is 0.604. The van der Waals surface area contributed by atoms with E-state index in [1.54, 1.807) is 24.7 Å². The summed E-state index contributed by atoms with van der Waals surface area (Å²) < 4.78 is 0. The van der Waals surface area contributed by atoms with E-state index >= 15 is 0 Å². The predicted molar refractivity (Wildman–Crippen MR) is 60.6 cm³/mol. The molecule has 4 nitrogen and oxygen atoms in total. The first kappa shape index (κ1) is 8.91. The predicted octanol–water partition coefficient (Wildman–Crippen LogP) is 2.09. The van der Waals surface area contributed by atoms with Crippen molar-refractivity contribution >= 4 is 10.8 Å². The fraction of sp³-hybridized carbons (Fsp3) is 0. The molecule has 0 saturated carbocycles. The van der Waals surface area contributed by atoms with Crippen molar-refractivity contribution in [2.24, 2.45) is 0 Å². The molecule has 0 aliphatic rings. The Kier molecular flexibility index (Phi) is 2.04. The summed E-state index contributed by atoms with van der Waals surface area (Å²) in [7, 11) is 0. The molecule has 2 aromatic heterocycles. The van der Waals surface area contributed by atoms with E-state index in [-0.39, 0.29) is 0 Å². The average Bonchev–Trinajstić information content (AvgIpc) is 2.39. The summed E-state index contributed by atoms with van der Waals surface area (Å²) in [5, 5.41) is 10.1. The van der Waals surface area contributed by atoms with E-state index in [1.807, 2.05) is 24.3 Å². The summed E-state index contributed by atoms with van der Waals surface area (Å²) in [4.78, 5) is 8.37. The van der Waals surface area contributed by atoms with Crippen LogP contribution >= 0.6 is 0 Å². The van der Waals surface area contributed by atoms with Crippen LogP contribution in [0.5, 0.6) is 0 Å². The molecule has 0 atom stereocenters. The highest BCUT2D eigenvalue weighted by molar-refractivity contribution is 5.91. The van der Waals surface area contributed by atoms with Crippen molar-refractivity contribution < 1.29 is 0 Å². The van der Waals surface area contributed by atoms with Crippen LogP contribution in [0, 0.1) is 0 Å². The van der Waals surface area contributed by atoms with Crippen LogP contribution in [0.3, 0.4) is 0 Å². The molecule has 0 N–H and O–H groups in total. The summed E-state index contributed by atoms with van der Waals surface area (Å²) in [6.45, 7) is 0. The zero-order valence-corrected chi connectivity index (χ0v) is 8.41. The van der Waals surface area contributed by atoms with E-state index in [0.717, 1.165) is 16.5 Å². The normalized spacial score (nSPS) is 10.5. The Morgan fingerprint density at radius 3 is 2.56 bits per heavy atom. The molecule has 16 heavy (non-hydrogen) atoms. The smallest absolute Gasteiger partial charge is 0.180 e. The van der Waals surface area contributed by atoms with E-state index in [0.29, 0.717) is 5.82 Å². The molecule has 0 radical (unpaired) electrons. The first-order chi connectivity index (χ1) is 7.95. The van der Waals surface area contributed by atoms with Gasteiger partial charge in [0.15, 0.2) is 5.82 Å². The molecule has 1 aromatic carbocycles. The van der Waals surface area contributed by atoms with Gasteiger partial charge in [0.1, 0.15) is 5.69 Å². The lowest BCUT2D eigenvalue weighted by Crippen LogP contribution is -1.93. The third-order valence-corrected chi connectivity index (χ3v) is 2.35. The molecule has 0 fully saturated rings. The first-order valence-electron chi connectivity index (χ1n) is 4.93. The molecule has 3 rings (SSSR count). The van der Waals surface area contributed by atoms with Gasteiger partial charge in [0.25, 0.3) is 0 Å². The van der Waals surface area contributed by atoms with Crippen LogP contribution < -0.4 is 0 Å². The topological polar surface area (TPSA) is 51.6 Å². The van der Waals surface area contributed by atoms with Crippen LogP contribution in [0.2, 0.25) is 0 Å². The maximum atomic E-state index is 4.19. The molecule has 0 spiro atoms. The van der Waals surface area contributed by atoms with Gasteiger partial charge >= 0.3 is 0 Å². The Bertz CT molecular complexity index is 617. The summed E-state index contributed by atoms with van der Waals surface area (Å²) in [6.07, 6.45) is 5.14. The maximum Gasteiger partial charge on any atom is 0.180 e. The third-order valence-electron chi connectivity index (χ3n) is 2.35. The minimum absolute atomic E-state index is 0.604. The molecule has 76 valence electrons. The minimum Gasteiger partial charge on any atom is -0.235 e. The first-order valence-corrected chi connectivity index (χ1v) is 4.93. The van der Waals surface area contributed by atoms with Crippen molar-refractivity contribution in [2.45, 2.75) is 0 Å². The van der Waals surface area contributed by atoms with Crippen LogP contribution in [0.1, 0.15) is 0 Å². The van der Waals surface area contributed by atoms with Gasteiger partial charge in [0.2, 0.25) is 0 Å². The molecule has 2 heterocycles. The molecule has 3 aromatic rings. The van der Waals surface area contributed by atoms with Gasteiger partial charge in [-0.1, -0.05) is 24.3 Å². The van der Waals surface area contributed by atoms with E-state index in [2.05, 4.69) is 20.2 Å². The minimum atomic E-state index is 0.604. The fourth-order valence-electron chi connectivity index (χ4n) is 1.61. The Morgan fingerprint density at radius 2 is 1.69 bits per heavy atom. The lowest BCUT2D eigenvalue weighted by atomic mass is 10.1. The van der Waals surface area contributed by atoms with Gasteiger partial charge in [-0.3, -0.25) is 0 Å². The summed E-state index contributed by atoms with van der Waals surface area (Å²) in [5.41, 5.74) is 0.721. The zero-order valence-electron chi connectivity index (χ0n) is 8.41. The molecule has 0 aliphatic carbocycles. The Hall–Kier alpha value is -2.36. The van der Waals surface area contributed by atoms with Gasteiger partial charge in [-0.25, -0.2) is 9.97 Å². The Balaban J connectivity index is 2.32. The van der Waals surface area contributed by atoms with Crippen molar-refractivity contribution in [2.75, 3.05) is 0 Å². The Morgan fingerprint density at radius 1 is 0.875 bits per heavy atom. The van der Waals surface area contributed by atoms with Gasteiger partial charge in [-0.15, -0.1) is 5.10 Å². The second-order valence-electron chi connectivity index (χ2n) is 3.35. The van der Waals surface area contributed by atoms with Crippen molar-refractivity contribution in [1.29, 1.82) is 0 Å². The van der Waals surface area contributed by atoms with Gasteiger partial charge in [-0.2, -0.15) is 5.10 Å². The van der Waals surface area contributed by atoms with Gasteiger partial charge in [0, 0.05) is 23.2 Å². The van der Waals surface area contributed by atoms with Crippen molar-refractivity contribution in [1.82, 2.24) is 20.2 Å². The molecule has 0 aliphatic heterocycles. The number of nitrogens with zero attached hydrogens (tertiary/aromatic N) is 4. The lowest BCUT2D eigenvalue weighted by molar-refractivity contribution is 1.03. The zero-order chi connectivity index (χ0) is 10.8. The number of aromatic nitrogens is 4. The monoisotopic (exact) mass is 208 g/mol. The van der Waals surface area contributed by atoms with Gasteiger partial charge in [-0.05, 0) is 6.07 Å². The second kappa shape index (κ2) is 3.66. The van der Waals surface area contributed by atoms with Crippen LogP contribution in [0.15, 0.2) is 48.9 Å². The second-order valence-corrected chi connectivity index (χ2v) is 3.35. The van der Waals surface area contributed by atoms with E-state index in [9.17, 15) is 0 Å². The maximum absolute atomic E-state index is 4.19. The van der Waals surface area contributed by atoms with Gasteiger partial charge < -0.3 is 0 Å². The van der Waals surface area contributed by atoms with Crippen LogP contribution in [0.25, 0.3) is 22.3 Å².